The van der Waals surface area contributed by atoms with Crippen LogP contribution in [-0.2, 0) is 0 Å². The van der Waals surface area contributed by atoms with Gasteiger partial charge in [0.25, 0.3) is 5.91 Å². The second kappa shape index (κ2) is 8.88. The molecule has 29 heavy (non-hydrogen) atoms. The number of carbonyl (C=O) groups excluding carboxylic acids is 1. The Labute approximate surface area is 164 Å². The first kappa shape index (κ1) is 21.4. The molecular formula is C19H16F3N5O2. The quantitative estimate of drug-likeness (QED) is 0.569. The summed E-state index contributed by atoms with van der Waals surface area (Å²) in [6, 6.07) is 4.48. The first-order chi connectivity index (χ1) is 13.7. The molecule has 2 N–H and O–H groups in total. The number of halogens is 3. The molecule has 0 bridgehead atoms. The van der Waals surface area contributed by atoms with E-state index < -0.39 is 18.6 Å². The maximum Gasteiger partial charge on any atom is 0.405 e. The van der Waals surface area contributed by atoms with Gasteiger partial charge in [0.2, 0.25) is 5.88 Å². The predicted molar refractivity (Wildman–Crippen MR) is 99.0 cm³/mol. The molecule has 150 valence electrons. The average Bonchev–Trinajstić information content (AvgIpc) is 3.07. The van der Waals surface area contributed by atoms with E-state index in [1.807, 2.05) is 6.07 Å². The Bertz CT molecular complexity index is 1010. The molecule has 0 aliphatic carbocycles. The summed E-state index contributed by atoms with van der Waals surface area (Å²) in [5, 5.41) is 25.0. The molecule has 0 radical (unpaired) electrons. The average molecular weight is 403 g/mol. The zero-order chi connectivity index (χ0) is 21.6. The number of nitrogens with one attached hydrogen (secondary N) is 1. The molecule has 0 atom stereocenters. The molecule has 7 nitrogen and oxygen atoms in total. The van der Waals surface area contributed by atoms with Gasteiger partial charge in [-0.05, 0) is 30.7 Å². The monoisotopic (exact) mass is 403 g/mol. The van der Waals surface area contributed by atoms with Crippen molar-refractivity contribution in [2.24, 2.45) is 0 Å². The molecule has 2 rings (SSSR count). The van der Waals surface area contributed by atoms with Gasteiger partial charge in [-0.25, -0.2) is 4.98 Å². The van der Waals surface area contributed by atoms with Gasteiger partial charge in [0.1, 0.15) is 6.54 Å². The highest BCUT2D eigenvalue weighted by molar-refractivity contribution is 5.94. The van der Waals surface area contributed by atoms with E-state index in [4.69, 9.17) is 5.26 Å². The number of nitrogens with zero attached hydrogens (tertiary/aromatic N) is 4. The van der Waals surface area contributed by atoms with Crippen molar-refractivity contribution in [1.29, 1.82) is 5.26 Å². The van der Waals surface area contributed by atoms with Crippen LogP contribution in [0.1, 0.15) is 22.8 Å². The van der Waals surface area contributed by atoms with Crippen molar-refractivity contribution in [3.8, 4) is 17.8 Å². The number of amides is 1. The lowest BCUT2D eigenvalue weighted by Crippen LogP contribution is -2.33. The summed E-state index contributed by atoms with van der Waals surface area (Å²) in [6.07, 6.45) is 2.72. The molecule has 0 aliphatic heterocycles. The van der Waals surface area contributed by atoms with Crippen LogP contribution in [0.25, 0.3) is 11.4 Å². The maximum atomic E-state index is 12.2. The predicted octanol–water partition coefficient (Wildman–Crippen LogP) is 3.30. The van der Waals surface area contributed by atoms with E-state index in [9.17, 15) is 23.1 Å². The number of hydrogen-bond acceptors (Lipinski definition) is 5. The van der Waals surface area contributed by atoms with E-state index in [2.05, 4.69) is 16.7 Å². The summed E-state index contributed by atoms with van der Waals surface area (Å²) >= 11 is 0. The number of nitriles is 1. The SMILES string of the molecule is C=C(C#N)/C=C\C(=C/C)c1cnn(-c2ccc(C(=O)NCC(F)(F)F)cn2)c1O. The lowest BCUT2D eigenvalue weighted by Gasteiger charge is -2.08. The minimum atomic E-state index is -4.52. The molecule has 0 saturated heterocycles. The lowest BCUT2D eigenvalue weighted by molar-refractivity contribution is -0.123. The smallest absolute Gasteiger partial charge is 0.405 e. The molecule has 2 aromatic rings. The summed E-state index contributed by atoms with van der Waals surface area (Å²) in [6.45, 7) is 3.82. The molecule has 2 heterocycles. The first-order valence-corrected chi connectivity index (χ1v) is 8.18. The van der Waals surface area contributed by atoms with Crippen molar-refractivity contribution in [2.75, 3.05) is 6.54 Å². The van der Waals surface area contributed by atoms with Crippen LogP contribution >= 0.6 is 0 Å². The van der Waals surface area contributed by atoms with Gasteiger partial charge in [0.05, 0.1) is 23.4 Å². The number of allylic oxidation sites excluding steroid dienone is 5. The number of rotatable bonds is 6. The summed E-state index contributed by atoms with van der Waals surface area (Å²) < 4.78 is 37.6. The standard InChI is InChI=1S/C19H16F3N5O2/c1-3-13(5-4-12(2)8-23)15-10-26-27(18(15)29)16-7-6-14(9-24-16)17(28)25-11-19(20,21)22/h3-7,9-10,29H,2,11H2,1H3,(H,25,28)/b5-4-,13-3+. The van der Waals surface area contributed by atoms with E-state index in [-0.39, 0.29) is 22.8 Å². The van der Waals surface area contributed by atoms with Crippen molar-refractivity contribution in [2.45, 2.75) is 13.1 Å². The van der Waals surface area contributed by atoms with Gasteiger partial charge >= 0.3 is 6.18 Å². The van der Waals surface area contributed by atoms with Crippen molar-refractivity contribution in [3.63, 3.8) is 0 Å². The molecule has 10 heteroatoms. The second-order valence-electron chi connectivity index (χ2n) is 5.71. The Hall–Kier alpha value is -3.87. The zero-order valence-electron chi connectivity index (χ0n) is 15.2. The molecule has 2 aromatic heterocycles. The highest BCUT2D eigenvalue weighted by Crippen LogP contribution is 2.28. The molecule has 0 fully saturated rings. The van der Waals surface area contributed by atoms with Crippen molar-refractivity contribution < 1.29 is 23.1 Å². The van der Waals surface area contributed by atoms with Crippen LogP contribution in [-0.4, -0.2) is 38.5 Å². The fourth-order valence-electron chi connectivity index (χ4n) is 2.21. The van der Waals surface area contributed by atoms with Crippen LogP contribution < -0.4 is 5.32 Å². The second-order valence-corrected chi connectivity index (χ2v) is 5.71. The fourth-order valence-corrected chi connectivity index (χ4v) is 2.21. The first-order valence-electron chi connectivity index (χ1n) is 8.18. The topological polar surface area (TPSA) is 104 Å². The number of aromatic nitrogens is 3. The van der Waals surface area contributed by atoms with Gasteiger partial charge in [-0.1, -0.05) is 18.7 Å². The Morgan fingerprint density at radius 2 is 2.10 bits per heavy atom. The molecule has 0 aromatic carbocycles. The van der Waals surface area contributed by atoms with Crippen molar-refractivity contribution >= 4 is 11.5 Å². The normalized spacial score (nSPS) is 12.0. The van der Waals surface area contributed by atoms with Gasteiger partial charge in [0, 0.05) is 11.8 Å². The summed E-state index contributed by atoms with van der Waals surface area (Å²) in [7, 11) is 0. The molecule has 1 amide bonds. The van der Waals surface area contributed by atoms with Gasteiger partial charge < -0.3 is 10.4 Å². The van der Waals surface area contributed by atoms with Gasteiger partial charge in [-0.3, -0.25) is 4.79 Å². The zero-order valence-corrected chi connectivity index (χ0v) is 15.2. The van der Waals surface area contributed by atoms with E-state index in [0.29, 0.717) is 11.1 Å². The maximum absolute atomic E-state index is 12.2. The summed E-state index contributed by atoms with van der Waals surface area (Å²) in [5.74, 6) is -1.01. The van der Waals surface area contributed by atoms with Gasteiger partial charge in [0.15, 0.2) is 5.82 Å². The van der Waals surface area contributed by atoms with Crippen LogP contribution in [0.2, 0.25) is 0 Å². The Kier molecular flexibility index (Phi) is 6.56. The number of alkyl halides is 3. The van der Waals surface area contributed by atoms with Gasteiger partial charge in [-0.15, -0.1) is 0 Å². The van der Waals surface area contributed by atoms with Crippen molar-refractivity contribution in [3.05, 3.63) is 66.0 Å². The Morgan fingerprint density at radius 1 is 1.38 bits per heavy atom. The summed E-state index contributed by atoms with van der Waals surface area (Å²) in [5.41, 5.74) is 1.10. The highest BCUT2D eigenvalue weighted by Gasteiger charge is 2.28. The fraction of sp³-hybridized carbons (Fsp3) is 0.158. The van der Waals surface area contributed by atoms with E-state index in [1.54, 1.807) is 24.4 Å². The molecule has 0 saturated carbocycles. The number of hydrogen-bond donors (Lipinski definition) is 2. The third-order valence-corrected chi connectivity index (χ3v) is 3.65. The number of carbonyl (C=O) groups is 1. The van der Waals surface area contributed by atoms with E-state index in [1.165, 1.54) is 24.4 Å². The Morgan fingerprint density at radius 3 is 2.66 bits per heavy atom. The van der Waals surface area contributed by atoms with E-state index in [0.717, 1.165) is 10.9 Å². The van der Waals surface area contributed by atoms with Crippen LogP contribution in [0, 0.1) is 11.3 Å². The third kappa shape index (κ3) is 5.55. The molecule has 0 aliphatic rings. The highest BCUT2D eigenvalue weighted by atomic mass is 19.4. The minimum Gasteiger partial charge on any atom is -0.493 e. The third-order valence-electron chi connectivity index (χ3n) is 3.65. The minimum absolute atomic E-state index is 0.0723. The van der Waals surface area contributed by atoms with Crippen LogP contribution in [0.3, 0.4) is 0 Å². The largest absolute Gasteiger partial charge is 0.493 e. The molecule has 0 spiro atoms. The van der Waals surface area contributed by atoms with E-state index >= 15 is 0 Å². The summed E-state index contributed by atoms with van der Waals surface area (Å²) in [4.78, 5) is 15.7. The Balaban J connectivity index is 2.22. The van der Waals surface area contributed by atoms with Gasteiger partial charge in [-0.2, -0.15) is 28.2 Å². The van der Waals surface area contributed by atoms with Crippen LogP contribution in [0.15, 0.2) is 54.9 Å². The number of aromatic hydroxyl groups is 1. The molecule has 0 unspecified atom stereocenters. The number of pyridine rings is 1. The van der Waals surface area contributed by atoms with Crippen LogP contribution in [0.5, 0.6) is 5.88 Å². The van der Waals surface area contributed by atoms with Crippen molar-refractivity contribution in [1.82, 2.24) is 20.1 Å². The van der Waals surface area contributed by atoms with Crippen LogP contribution in [0.4, 0.5) is 13.2 Å². The molecular weight excluding hydrogens is 387 g/mol. The lowest BCUT2D eigenvalue weighted by atomic mass is 10.1.